The molecule has 30 heavy (non-hydrogen) atoms. The molecule has 7 heteroatoms. The molecule has 1 aliphatic carbocycles. The normalized spacial score (nSPS) is 14.4. The van der Waals surface area contributed by atoms with E-state index in [-0.39, 0.29) is 12.0 Å². The minimum atomic E-state index is -0.181. The van der Waals surface area contributed by atoms with Crippen LogP contribution in [-0.2, 0) is 0 Å². The molecule has 1 saturated carbocycles. The van der Waals surface area contributed by atoms with Crippen molar-refractivity contribution in [3.05, 3.63) is 66.2 Å². The second-order valence-electron chi connectivity index (χ2n) is 7.58. The Bertz CT molecular complexity index is 1200. The molecule has 7 nitrogen and oxygen atoms in total. The Balaban J connectivity index is 1.29. The molecule has 0 aliphatic heterocycles. The molecule has 4 aromatic rings. The maximum atomic E-state index is 12.7. The van der Waals surface area contributed by atoms with Crippen LogP contribution in [0.2, 0.25) is 0 Å². The number of pyridine rings is 1. The quantitative estimate of drug-likeness (QED) is 0.500. The first kappa shape index (κ1) is 18.3. The van der Waals surface area contributed by atoms with Crippen LogP contribution >= 0.6 is 0 Å². The number of carbonyl (C=O) groups is 1. The summed E-state index contributed by atoms with van der Waals surface area (Å²) in [5.74, 6) is 1.32. The topological polar surface area (TPSA) is 92.8 Å². The van der Waals surface area contributed by atoms with Crippen molar-refractivity contribution >= 4 is 22.8 Å². The van der Waals surface area contributed by atoms with Gasteiger partial charge in [0.2, 0.25) is 5.65 Å². The van der Waals surface area contributed by atoms with Gasteiger partial charge in [0.25, 0.3) is 5.91 Å². The van der Waals surface area contributed by atoms with Crippen molar-refractivity contribution in [1.29, 1.82) is 0 Å². The SMILES string of the molecule is C[C@H](Oc1ccc(NC(=O)c2cccc(-c3ccc4n[nH]nc4n3)c2)cc1)C1CC1. The Morgan fingerprint density at radius 1 is 1.10 bits per heavy atom. The van der Waals surface area contributed by atoms with Gasteiger partial charge in [-0.3, -0.25) is 4.79 Å². The van der Waals surface area contributed by atoms with E-state index in [0.29, 0.717) is 22.6 Å². The van der Waals surface area contributed by atoms with Crippen molar-refractivity contribution in [2.45, 2.75) is 25.9 Å². The van der Waals surface area contributed by atoms with E-state index in [1.165, 1.54) is 12.8 Å². The molecule has 1 amide bonds. The molecule has 0 unspecified atom stereocenters. The van der Waals surface area contributed by atoms with Gasteiger partial charge in [0, 0.05) is 16.8 Å². The van der Waals surface area contributed by atoms with Crippen LogP contribution in [0.4, 0.5) is 5.69 Å². The molecular formula is C23H21N5O2. The van der Waals surface area contributed by atoms with Crippen LogP contribution in [0, 0.1) is 5.92 Å². The van der Waals surface area contributed by atoms with Crippen molar-refractivity contribution in [2.75, 3.05) is 5.32 Å². The lowest BCUT2D eigenvalue weighted by Gasteiger charge is -2.14. The minimum Gasteiger partial charge on any atom is -0.490 e. The summed E-state index contributed by atoms with van der Waals surface area (Å²) in [7, 11) is 0. The third kappa shape index (κ3) is 3.87. The highest BCUT2D eigenvalue weighted by molar-refractivity contribution is 6.05. The average molecular weight is 399 g/mol. The van der Waals surface area contributed by atoms with Crippen LogP contribution in [0.1, 0.15) is 30.1 Å². The average Bonchev–Trinajstić information content (AvgIpc) is 3.52. The number of carbonyl (C=O) groups excluding carboxylic acids is 1. The summed E-state index contributed by atoms with van der Waals surface area (Å²) < 4.78 is 5.94. The number of ether oxygens (including phenoxy) is 1. The number of benzene rings is 2. The van der Waals surface area contributed by atoms with Gasteiger partial charge in [-0.1, -0.05) is 12.1 Å². The Hall–Kier alpha value is -3.74. The summed E-state index contributed by atoms with van der Waals surface area (Å²) in [4.78, 5) is 17.2. The van der Waals surface area contributed by atoms with Gasteiger partial charge < -0.3 is 10.1 Å². The van der Waals surface area contributed by atoms with E-state index in [2.05, 4.69) is 32.6 Å². The van der Waals surface area contributed by atoms with E-state index in [4.69, 9.17) is 4.74 Å². The highest BCUT2D eigenvalue weighted by atomic mass is 16.5. The predicted molar refractivity (Wildman–Crippen MR) is 114 cm³/mol. The highest BCUT2D eigenvalue weighted by Gasteiger charge is 2.29. The molecular weight excluding hydrogens is 378 g/mol. The van der Waals surface area contributed by atoms with Gasteiger partial charge in [-0.2, -0.15) is 10.3 Å². The Morgan fingerprint density at radius 2 is 1.93 bits per heavy atom. The fraction of sp³-hybridized carbons (Fsp3) is 0.217. The first-order valence-corrected chi connectivity index (χ1v) is 10.0. The largest absolute Gasteiger partial charge is 0.490 e. The molecule has 0 radical (unpaired) electrons. The predicted octanol–water partition coefficient (Wildman–Crippen LogP) is 4.45. The van der Waals surface area contributed by atoms with Crippen LogP contribution in [-0.4, -0.2) is 32.4 Å². The minimum absolute atomic E-state index is 0.181. The lowest BCUT2D eigenvalue weighted by molar-refractivity contribution is 0.102. The summed E-state index contributed by atoms with van der Waals surface area (Å²) in [5.41, 5.74) is 4.09. The standard InChI is InChI=1S/C23H21N5O2/c1-14(15-5-6-15)30-19-9-7-18(8-10-19)24-23(29)17-4-2-3-16(13-17)20-11-12-21-22(25-20)27-28-26-21/h2-4,7-15H,5-6H2,1H3,(H,24,29)(H,25,26,27,28)/t14-/m0/s1. The van der Waals surface area contributed by atoms with Gasteiger partial charge in [0.15, 0.2) is 0 Å². The number of nitrogens with one attached hydrogen (secondary N) is 2. The summed E-state index contributed by atoms with van der Waals surface area (Å²) in [6.07, 6.45) is 2.73. The van der Waals surface area contributed by atoms with E-state index < -0.39 is 0 Å². The number of fused-ring (bicyclic) bond motifs is 1. The number of amides is 1. The van der Waals surface area contributed by atoms with Crippen LogP contribution in [0.3, 0.4) is 0 Å². The molecule has 0 bridgehead atoms. The third-order valence-corrected chi connectivity index (χ3v) is 5.32. The van der Waals surface area contributed by atoms with Gasteiger partial charge in [0.1, 0.15) is 11.3 Å². The maximum Gasteiger partial charge on any atom is 0.255 e. The van der Waals surface area contributed by atoms with Crippen molar-refractivity contribution in [3.8, 4) is 17.0 Å². The molecule has 2 aromatic carbocycles. The summed E-state index contributed by atoms with van der Waals surface area (Å²) in [5, 5.41) is 13.5. The number of hydrogen-bond acceptors (Lipinski definition) is 5. The summed E-state index contributed by atoms with van der Waals surface area (Å²) in [6.45, 7) is 2.11. The zero-order valence-corrected chi connectivity index (χ0v) is 16.5. The monoisotopic (exact) mass is 399 g/mol. The molecule has 5 rings (SSSR count). The Kier molecular flexibility index (Phi) is 4.63. The van der Waals surface area contributed by atoms with Gasteiger partial charge in [-0.05, 0) is 74.2 Å². The Labute approximate surface area is 173 Å². The maximum absolute atomic E-state index is 12.7. The van der Waals surface area contributed by atoms with Crippen LogP contribution in [0.15, 0.2) is 60.7 Å². The fourth-order valence-electron chi connectivity index (χ4n) is 3.41. The third-order valence-electron chi connectivity index (χ3n) is 5.32. The number of nitrogens with zero attached hydrogens (tertiary/aromatic N) is 3. The van der Waals surface area contributed by atoms with Crippen molar-refractivity contribution in [2.24, 2.45) is 5.92 Å². The van der Waals surface area contributed by atoms with E-state index in [1.807, 2.05) is 54.6 Å². The number of rotatable bonds is 6. The number of aromatic nitrogens is 4. The first-order chi connectivity index (χ1) is 14.7. The van der Waals surface area contributed by atoms with E-state index in [1.54, 1.807) is 6.07 Å². The molecule has 0 saturated heterocycles. The molecule has 2 N–H and O–H groups in total. The molecule has 0 spiro atoms. The molecule has 1 aliphatic rings. The van der Waals surface area contributed by atoms with Crippen LogP contribution < -0.4 is 10.1 Å². The molecule has 1 fully saturated rings. The van der Waals surface area contributed by atoms with E-state index >= 15 is 0 Å². The summed E-state index contributed by atoms with van der Waals surface area (Å²) >= 11 is 0. The second-order valence-corrected chi connectivity index (χ2v) is 7.58. The first-order valence-electron chi connectivity index (χ1n) is 10.0. The summed E-state index contributed by atoms with van der Waals surface area (Å²) in [6, 6.07) is 18.6. The zero-order chi connectivity index (χ0) is 20.5. The van der Waals surface area contributed by atoms with Crippen molar-refractivity contribution in [1.82, 2.24) is 20.4 Å². The molecule has 2 heterocycles. The van der Waals surface area contributed by atoms with Gasteiger partial charge in [-0.15, -0.1) is 5.10 Å². The zero-order valence-electron chi connectivity index (χ0n) is 16.5. The second kappa shape index (κ2) is 7.59. The lowest BCUT2D eigenvalue weighted by atomic mass is 10.1. The van der Waals surface area contributed by atoms with Gasteiger partial charge >= 0.3 is 0 Å². The fourth-order valence-corrected chi connectivity index (χ4v) is 3.41. The van der Waals surface area contributed by atoms with E-state index in [9.17, 15) is 4.79 Å². The van der Waals surface area contributed by atoms with Crippen molar-refractivity contribution < 1.29 is 9.53 Å². The molecule has 1 atom stereocenters. The number of hydrogen-bond donors (Lipinski definition) is 2. The van der Waals surface area contributed by atoms with Crippen LogP contribution in [0.25, 0.3) is 22.4 Å². The molecule has 2 aromatic heterocycles. The smallest absolute Gasteiger partial charge is 0.255 e. The van der Waals surface area contributed by atoms with Crippen molar-refractivity contribution in [3.63, 3.8) is 0 Å². The number of anilines is 1. The number of H-pyrrole nitrogens is 1. The van der Waals surface area contributed by atoms with Gasteiger partial charge in [-0.25, -0.2) is 4.98 Å². The number of aromatic amines is 1. The molecule has 150 valence electrons. The lowest BCUT2D eigenvalue weighted by Crippen LogP contribution is -2.14. The Morgan fingerprint density at radius 3 is 2.73 bits per heavy atom. The van der Waals surface area contributed by atoms with Gasteiger partial charge in [0.05, 0.1) is 11.8 Å². The van der Waals surface area contributed by atoms with Crippen LogP contribution in [0.5, 0.6) is 5.75 Å². The highest BCUT2D eigenvalue weighted by Crippen LogP contribution is 2.34. The van der Waals surface area contributed by atoms with E-state index in [0.717, 1.165) is 22.7 Å².